The van der Waals surface area contributed by atoms with Crippen molar-refractivity contribution in [2.24, 2.45) is 4.99 Å². The lowest BCUT2D eigenvalue weighted by Crippen LogP contribution is -1.89. The van der Waals surface area contributed by atoms with Gasteiger partial charge in [-0.1, -0.05) is 0 Å². The second kappa shape index (κ2) is 3.27. The Labute approximate surface area is 70.0 Å². The van der Waals surface area contributed by atoms with Crippen molar-refractivity contribution in [3.05, 3.63) is 22.6 Å². The van der Waals surface area contributed by atoms with Gasteiger partial charge in [-0.15, -0.1) is 4.99 Å². The molecule has 11 heavy (non-hydrogen) atoms. The van der Waals surface area contributed by atoms with E-state index in [0.717, 1.165) is 6.08 Å². The van der Waals surface area contributed by atoms with Gasteiger partial charge >= 0.3 is 5.91 Å². The van der Waals surface area contributed by atoms with E-state index in [1.54, 1.807) is 0 Å². The maximum atomic E-state index is 10.7. The minimum atomic E-state index is -0.731. The summed E-state index contributed by atoms with van der Waals surface area (Å²) >= 11 is 2.99. The highest BCUT2D eigenvalue weighted by Gasteiger charge is 2.07. The number of nitrogens with zero attached hydrogens (tertiary/aromatic N) is 1. The van der Waals surface area contributed by atoms with Crippen molar-refractivity contribution in [3.8, 4) is 0 Å². The first-order valence-electron chi connectivity index (χ1n) is 2.61. The fourth-order valence-corrected chi connectivity index (χ4v) is 0.832. The van der Waals surface area contributed by atoms with Crippen LogP contribution in [0.15, 0.2) is 26.2 Å². The van der Waals surface area contributed by atoms with Gasteiger partial charge in [0.25, 0.3) is 0 Å². The van der Waals surface area contributed by atoms with E-state index in [9.17, 15) is 9.59 Å². The summed E-state index contributed by atoms with van der Waals surface area (Å²) in [5.41, 5.74) is 0. The average Bonchev–Trinajstić information content (AvgIpc) is 2.36. The van der Waals surface area contributed by atoms with Crippen LogP contribution < -0.4 is 0 Å². The van der Waals surface area contributed by atoms with Gasteiger partial charge in [-0.25, -0.2) is 4.79 Å². The molecular weight excluding hydrogens is 214 g/mol. The minimum absolute atomic E-state index is 0.0141. The second-order valence-electron chi connectivity index (χ2n) is 1.61. The standard InChI is InChI=1S/C6H2BrNO3/c7-5-2-1-4(11-5)6(10)8-3-9/h1-2H. The highest BCUT2D eigenvalue weighted by atomic mass is 79.9. The first-order chi connectivity index (χ1) is 5.24. The molecule has 0 atom stereocenters. The molecule has 4 nitrogen and oxygen atoms in total. The van der Waals surface area contributed by atoms with E-state index in [4.69, 9.17) is 4.42 Å². The Morgan fingerprint density at radius 3 is 2.82 bits per heavy atom. The van der Waals surface area contributed by atoms with E-state index < -0.39 is 5.91 Å². The van der Waals surface area contributed by atoms with Gasteiger partial charge in [0, 0.05) is 0 Å². The number of aliphatic imine (C=N–C) groups is 1. The molecule has 1 amide bonds. The lowest BCUT2D eigenvalue weighted by Gasteiger charge is -1.81. The molecule has 56 valence electrons. The van der Waals surface area contributed by atoms with E-state index in [-0.39, 0.29) is 5.76 Å². The van der Waals surface area contributed by atoms with Gasteiger partial charge in [0.1, 0.15) is 0 Å². The normalized spacial score (nSPS) is 8.82. The minimum Gasteiger partial charge on any atom is -0.444 e. The first-order valence-corrected chi connectivity index (χ1v) is 3.41. The van der Waals surface area contributed by atoms with Crippen molar-refractivity contribution < 1.29 is 14.0 Å². The van der Waals surface area contributed by atoms with Gasteiger partial charge in [-0.2, -0.15) is 0 Å². The van der Waals surface area contributed by atoms with Crippen molar-refractivity contribution in [1.82, 2.24) is 0 Å². The Morgan fingerprint density at radius 1 is 1.64 bits per heavy atom. The molecule has 1 aromatic heterocycles. The van der Waals surface area contributed by atoms with Gasteiger partial charge in [-0.05, 0) is 28.1 Å². The van der Waals surface area contributed by atoms with Crippen LogP contribution in [-0.2, 0) is 4.79 Å². The quantitative estimate of drug-likeness (QED) is 0.528. The third-order valence-electron chi connectivity index (χ3n) is 0.931. The van der Waals surface area contributed by atoms with Gasteiger partial charge in [0.15, 0.2) is 10.4 Å². The number of carbonyl (C=O) groups excluding carboxylic acids is 2. The molecule has 0 saturated carbocycles. The molecule has 5 heteroatoms. The number of hydrogen-bond acceptors (Lipinski definition) is 3. The van der Waals surface area contributed by atoms with Crippen molar-refractivity contribution >= 4 is 27.9 Å². The third kappa shape index (κ3) is 1.86. The van der Waals surface area contributed by atoms with Crippen LogP contribution in [0.2, 0.25) is 0 Å². The zero-order chi connectivity index (χ0) is 8.27. The predicted octanol–water partition coefficient (Wildman–Crippen LogP) is 1.52. The van der Waals surface area contributed by atoms with E-state index in [0.29, 0.717) is 4.67 Å². The molecule has 0 unspecified atom stereocenters. The van der Waals surface area contributed by atoms with Gasteiger partial charge < -0.3 is 4.42 Å². The van der Waals surface area contributed by atoms with Crippen LogP contribution in [0.3, 0.4) is 0 Å². The van der Waals surface area contributed by atoms with E-state index in [1.165, 1.54) is 12.1 Å². The zero-order valence-electron chi connectivity index (χ0n) is 5.20. The number of carbonyl (C=O) groups is 1. The molecule has 1 heterocycles. The largest absolute Gasteiger partial charge is 0.444 e. The van der Waals surface area contributed by atoms with Crippen LogP contribution in [0.4, 0.5) is 0 Å². The lowest BCUT2D eigenvalue weighted by atomic mass is 10.4. The fourth-order valence-electron chi connectivity index (χ4n) is 0.526. The highest BCUT2D eigenvalue weighted by molar-refractivity contribution is 9.10. The molecule has 0 radical (unpaired) electrons. The molecule has 0 aliphatic carbocycles. The summed E-state index contributed by atoms with van der Waals surface area (Å²) in [6.45, 7) is 0. The summed E-state index contributed by atoms with van der Waals surface area (Å²) in [5.74, 6) is -0.717. The van der Waals surface area contributed by atoms with Crippen LogP contribution in [-0.4, -0.2) is 12.0 Å². The smallest absolute Gasteiger partial charge is 0.323 e. The van der Waals surface area contributed by atoms with Crippen LogP contribution in [0.25, 0.3) is 0 Å². The summed E-state index contributed by atoms with van der Waals surface area (Å²) in [4.78, 5) is 23.2. The van der Waals surface area contributed by atoms with Crippen LogP contribution in [0, 0.1) is 0 Å². The Kier molecular flexibility index (Phi) is 2.36. The van der Waals surface area contributed by atoms with Gasteiger partial charge in [0.2, 0.25) is 6.08 Å². The summed E-state index contributed by atoms with van der Waals surface area (Å²) in [6.07, 6.45) is 1.13. The molecule has 1 aromatic rings. The zero-order valence-corrected chi connectivity index (χ0v) is 6.79. The molecule has 0 spiro atoms. The van der Waals surface area contributed by atoms with Crippen LogP contribution >= 0.6 is 15.9 Å². The molecule has 0 N–H and O–H groups in total. The number of furan rings is 1. The maximum Gasteiger partial charge on any atom is 0.323 e. The molecule has 1 rings (SSSR count). The Hall–Kier alpha value is -1.19. The number of halogens is 1. The monoisotopic (exact) mass is 215 g/mol. The predicted molar refractivity (Wildman–Crippen MR) is 38.9 cm³/mol. The summed E-state index contributed by atoms with van der Waals surface area (Å²) in [7, 11) is 0. The lowest BCUT2D eigenvalue weighted by molar-refractivity contribution is 0.0975. The highest BCUT2D eigenvalue weighted by Crippen LogP contribution is 2.14. The van der Waals surface area contributed by atoms with E-state index in [1.807, 2.05) is 0 Å². The fraction of sp³-hybridized carbons (Fsp3) is 0. The van der Waals surface area contributed by atoms with Crippen molar-refractivity contribution in [2.45, 2.75) is 0 Å². The SMILES string of the molecule is O=C=NC(=O)c1ccc(Br)o1. The number of rotatable bonds is 1. The Morgan fingerprint density at radius 2 is 2.36 bits per heavy atom. The Bertz CT molecular complexity index is 324. The van der Waals surface area contributed by atoms with Gasteiger partial charge in [-0.3, -0.25) is 4.79 Å². The summed E-state index contributed by atoms with van der Waals surface area (Å²) in [5, 5.41) is 0. The molecule has 0 fully saturated rings. The van der Waals surface area contributed by atoms with Crippen LogP contribution in [0.5, 0.6) is 0 Å². The molecular formula is C6H2BrNO3. The number of amides is 1. The topological polar surface area (TPSA) is 59.6 Å². The molecule has 0 aromatic carbocycles. The third-order valence-corrected chi connectivity index (χ3v) is 1.36. The van der Waals surface area contributed by atoms with Crippen molar-refractivity contribution in [3.63, 3.8) is 0 Å². The Balaban J connectivity index is 2.93. The molecule has 0 aliphatic heterocycles. The molecule has 0 saturated heterocycles. The van der Waals surface area contributed by atoms with Crippen molar-refractivity contribution in [1.29, 1.82) is 0 Å². The number of hydrogen-bond donors (Lipinski definition) is 0. The first kappa shape index (κ1) is 7.91. The van der Waals surface area contributed by atoms with E-state index >= 15 is 0 Å². The van der Waals surface area contributed by atoms with Gasteiger partial charge in [0.05, 0.1) is 0 Å². The molecule has 0 bridgehead atoms. The summed E-state index contributed by atoms with van der Waals surface area (Å²) in [6, 6.07) is 2.95. The van der Waals surface area contributed by atoms with Crippen LogP contribution in [0.1, 0.15) is 10.6 Å². The average molecular weight is 216 g/mol. The number of isocyanates is 1. The maximum absolute atomic E-state index is 10.7. The van der Waals surface area contributed by atoms with E-state index in [2.05, 4.69) is 20.9 Å². The second-order valence-corrected chi connectivity index (χ2v) is 2.39. The summed E-state index contributed by atoms with van der Waals surface area (Å²) < 4.78 is 5.21. The van der Waals surface area contributed by atoms with Crippen molar-refractivity contribution in [2.75, 3.05) is 0 Å². The molecule has 0 aliphatic rings.